The Labute approximate surface area is 132 Å². The van der Waals surface area contributed by atoms with Gasteiger partial charge < -0.3 is 16.2 Å². The fourth-order valence-corrected chi connectivity index (χ4v) is 2.49. The lowest BCUT2D eigenvalue weighted by Crippen LogP contribution is -2.27. The summed E-state index contributed by atoms with van der Waals surface area (Å²) in [5, 5.41) is 12.0. The third-order valence-electron chi connectivity index (χ3n) is 3.13. The zero-order valence-corrected chi connectivity index (χ0v) is 13.0. The highest BCUT2D eigenvalue weighted by molar-refractivity contribution is 9.10. The van der Waals surface area contributed by atoms with Crippen LogP contribution in [0.25, 0.3) is 0 Å². The first-order valence-corrected chi connectivity index (χ1v) is 7.40. The average Bonchev–Trinajstić information content (AvgIpc) is 2.46. The highest BCUT2D eigenvalue weighted by atomic mass is 79.9. The predicted molar refractivity (Wildman–Crippen MR) is 86.9 cm³/mol. The number of benzene rings is 2. The van der Waals surface area contributed by atoms with Crippen molar-refractivity contribution in [1.29, 1.82) is 0 Å². The van der Waals surface area contributed by atoms with E-state index >= 15 is 0 Å². The van der Waals surface area contributed by atoms with E-state index in [9.17, 15) is 4.79 Å². The van der Waals surface area contributed by atoms with Gasteiger partial charge in [-0.1, -0.05) is 40.2 Å². The number of nitrogens with one attached hydrogen (secondary N) is 1. The molecule has 1 amide bonds. The second-order valence-corrected chi connectivity index (χ2v) is 5.62. The van der Waals surface area contributed by atoms with Crippen LogP contribution in [-0.4, -0.2) is 17.6 Å². The largest absolute Gasteiger partial charge is 0.396 e. The number of hydrogen-bond acceptors (Lipinski definition) is 3. The second kappa shape index (κ2) is 7.24. The van der Waals surface area contributed by atoms with Gasteiger partial charge in [-0.05, 0) is 41.8 Å². The van der Waals surface area contributed by atoms with Crippen LogP contribution in [0.1, 0.15) is 17.2 Å². The van der Waals surface area contributed by atoms with Gasteiger partial charge in [0, 0.05) is 16.8 Å². The van der Waals surface area contributed by atoms with E-state index in [1.807, 2.05) is 48.5 Å². The Bertz CT molecular complexity index is 614. The van der Waals surface area contributed by atoms with Gasteiger partial charge in [0.2, 0.25) is 5.91 Å². The monoisotopic (exact) mass is 348 g/mol. The van der Waals surface area contributed by atoms with E-state index < -0.39 is 11.9 Å². The molecule has 0 fully saturated rings. The van der Waals surface area contributed by atoms with E-state index in [0.717, 1.165) is 21.3 Å². The third-order valence-corrected chi connectivity index (χ3v) is 3.63. The van der Waals surface area contributed by atoms with Crippen LogP contribution >= 0.6 is 15.9 Å². The van der Waals surface area contributed by atoms with Crippen molar-refractivity contribution in [1.82, 2.24) is 0 Å². The molecule has 2 aromatic carbocycles. The Kier molecular flexibility index (Phi) is 5.36. The highest BCUT2D eigenvalue weighted by Gasteiger charge is 2.17. The number of primary amides is 1. The van der Waals surface area contributed by atoms with Gasteiger partial charge in [0.15, 0.2) is 0 Å². The van der Waals surface area contributed by atoms with Crippen molar-refractivity contribution in [2.45, 2.75) is 12.5 Å². The van der Waals surface area contributed by atoms with Gasteiger partial charge in [0.1, 0.15) is 6.04 Å². The smallest absolute Gasteiger partial charge is 0.244 e. The van der Waals surface area contributed by atoms with Crippen molar-refractivity contribution in [2.24, 2.45) is 5.73 Å². The van der Waals surface area contributed by atoms with Gasteiger partial charge in [-0.3, -0.25) is 4.79 Å². The molecule has 1 unspecified atom stereocenters. The molecule has 4 nitrogen and oxygen atoms in total. The number of aliphatic hydroxyl groups is 1. The number of rotatable bonds is 6. The SMILES string of the molecule is NC(=O)C(Nc1ccc(CCO)cc1)c1cccc(Br)c1. The number of anilines is 1. The summed E-state index contributed by atoms with van der Waals surface area (Å²) in [5.74, 6) is -0.437. The minimum absolute atomic E-state index is 0.120. The Hall–Kier alpha value is -1.85. The molecule has 0 radical (unpaired) electrons. The molecule has 0 bridgehead atoms. The van der Waals surface area contributed by atoms with Crippen molar-refractivity contribution in [3.05, 3.63) is 64.1 Å². The van der Waals surface area contributed by atoms with Crippen LogP contribution in [0.5, 0.6) is 0 Å². The standard InChI is InChI=1S/C16H17BrN2O2/c17-13-3-1-2-12(10-13)15(16(18)21)19-14-6-4-11(5-7-14)8-9-20/h1-7,10,15,19-20H,8-9H2,(H2,18,21). The molecule has 0 saturated heterocycles. The summed E-state index contributed by atoms with van der Waals surface area (Å²) in [5.41, 5.74) is 8.15. The summed E-state index contributed by atoms with van der Waals surface area (Å²) in [7, 11) is 0. The lowest BCUT2D eigenvalue weighted by molar-refractivity contribution is -0.118. The van der Waals surface area contributed by atoms with Crippen LogP contribution in [0.15, 0.2) is 53.0 Å². The Morgan fingerprint density at radius 3 is 2.52 bits per heavy atom. The van der Waals surface area contributed by atoms with Crippen molar-refractivity contribution in [2.75, 3.05) is 11.9 Å². The molecule has 21 heavy (non-hydrogen) atoms. The van der Waals surface area contributed by atoms with Crippen LogP contribution in [0.2, 0.25) is 0 Å². The summed E-state index contributed by atoms with van der Waals surface area (Å²) >= 11 is 3.39. The molecule has 0 heterocycles. The van der Waals surface area contributed by atoms with Crippen LogP contribution < -0.4 is 11.1 Å². The molecule has 0 spiro atoms. The number of aliphatic hydroxyl groups excluding tert-OH is 1. The maximum absolute atomic E-state index is 11.7. The van der Waals surface area contributed by atoms with E-state index in [1.54, 1.807) is 0 Å². The number of amides is 1. The summed E-state index contributed by atoms with van der Waals surface area (Å²) in [6, 6.07) is 14.5. The van der Waals surface area contributed by atoms with Crippen LogP contribution in [0.3, 0.4) is 0 Å². The van der Waals surface area contributed by atoms with Crippen molar-refractivity contribution >= 4 is 27.5 Å². The van der Waals surface area contributed by atoms with E-state index in [1.165, 1.54) is 0 Å². The fourth-order valence-electron chi connectivity index (χ4n) is 2.07. The van der Waals surface area contributed by atoms with Gasteiger partial charge >= 0.3 is 0 Å². The molecule has 2 rings (SSSR count). The maximum atomic E-state index is 11.7. The Morgan fingerprint density at radius 1 is 1.24 bits per heavy atom. The van der Waals surface area contributed by atoms with Gasteiger partial charge in [0.05, 0.1) is 0 Å². The fraction of sp³-hybridized carbons (Fsp3) is 0.188. The normalized spacial score (nSPS) is 11.9. The van der Waals surface area contributed by atoms with Gasteiger partial charge in [-0.2, -0.15) is 0 Å². The molecular formula is C16H17BrN2O2. The zero-order valence-electron chi connectivity index (χ0n) is 11.4. The van der Waals surface area contributed by atoms with Gasteiger partial charge in [-0.15, -0.1) is 0 Å². The highest BCUT2D eigenvalue weighted by Crippen LogP contribution is 2.22. The molecule has 1 atom stereocenters. The summed E-state index contributed by atoms with van der Waals surface area (Å²) < 4.78 is 0.895. The van der Waals surface area contributed by atoms with E-state index in [4.69, 9.17) is 10.8 Å². The predicted octanol–water partition coefficient (Wildman–Crippen LogP) is 2.62. The first kappa shape index (κ1) is 15.5. The first-order valence-electron chi connectivity index (χ1n) is 6.61. The number of halogens is 1. The number of nitrogens with two attached hydrogens (primary N) is 1. The molecule has 4 N–H and O–H groups in total. The Balaban J connectivity index is 2.18. The molecule has 0 aromatic heterocycles. The zero-order chi connectivity index (χ0) is 15.2. The maximum Gasteiger partial charge on any atom is 0.244 e. The third kappa shape index (κ3) is 4.31. The average molecular weight is 349 g/mol. The summed E-state index contributed by atoms with van der Waals surface area (Å²) in [6.45, 7) is 0.120. The molecule has 0 aliphatic carbocycles. The van der Waals surface area contributed by atoms with Gasteiger partial charge in [-0.25, -0.2) is 0 Å². The van der Waals surface area contributed by atoms with Crippen LogP contribution in [-0.2, 0) is 11.2 Å². The molecular weight excluding hydrogens is 332 g/mol. The number of hydrogen-bond donors (Lipinski definition) is 3. The molecule has 5 heteroatoms. The van der Waals surface area contributed by atoms with Crippen molar-refractivity contribution < 1.29 is 9.90 Å². The minimum atomic E-state index is -0.591. The van der Waals surface area contributed by atoms with Gasteiger partial charge in [0.25, 0.3) is 0 Å². The lowest BCUT2D eigenvalue weighted by atomic mass is 10.1. The molecule has 0 aliphatic heterocycles. The lowest BCUT2D eigenvalue weighted by Gasteiger charge is -2.17. The number of carbonyl (C=O) groups is 1. The topological polar surface area (TPSA) is 75.4 Å². The van der Waals surface area contributed by atoms with Crippen LogP contribution in [0.4, 0.5) is 5.69 Å². The first-order chi connectivity index (χ1) is 10.1. The van der Waals surface area contributed by atoms with E-state index in [0.29, 0.717) is 6.42 Å². The quantitative estimate of drug-likeness (QED) is 0.751. The minimum Gasteiger partial charge on any atom is -0.396 e. The second-order valence-electron chi connectivity index (χ2n) is 4.71. The van der Waals surface area contributed by atoms with E-state index in [-0.39, 0.29) is 6.61 Å². The molecule has 110 valence electrons. The summed E-state index contributed by atoms with van der Waals surface area (Å²) in [4.78, 5) is 11.7. The van der Waals surface area contributed by atoms with Crippen molar-refractivity contribution in [3.63, 3.8) is 0 Å². The molecule has 0 aliphatic rings. The number of carbonyl (C=O) groups excluding carboxylic acids is 1. The molecule has 2 aromatic rings. The molecule has 0 saturated carbocycles. The Morgan fingerprint density at radius 2 is 1.95 bits per heavy atom. The van der Waals surface area contributed by atoms with Crippen molar-refractivity contribution in [3.8, 4) is 0 Å². The summed E-state index contributed by atoms with van der Waals surface area (Å²) in [6.07, 6.45) is 0.616. The van der Waals surface area contributed by atoms with E-state index in [2.05, 4.69) is 21.2 Å². The van der Waals surface area contributed by atoms with Crippen LogP contribution in [0, 0.1) is 0 Å².